The fraction of sp³-hybridized carbons (Fsp3) is 0.333. The number of anilines is 1. The summed E-state index contributed by atoms with van der Waals surface area (Å²) in [5.41, 5.74) is 5.99. The molecule has 6 nitrogen and oxygen atoms in total. The van der Waals surface area contributed by atoms with Gasteiger partial charge < -0.3 is 0 Å². The zero-order chi connectivity index (χ0) is 20.9. The number of nitrogens with one attached hydrogen (secondary N) is 2. The van der Waals surface area contributed by atoms with Crippen LogP contribution in [0.2, 0.25) is 0 Å². The highest BCUT2D eigenvalue weighted by atomic mass is 32.2. The van der Waals surface area contributed by atoms with E-state index in [-0.39, 0.29) is 16.4 Å². The summed E-state index contributed by atoms with van der Waals surface area (Å²) in [7, 11) is -3.82. The van der Waals surface area contributed by atoms with Gasteiger partial charge in [-0.25, -0.2) is 13.8 Å². The average molecular weight is 402 g/mol. The van der Waals surface area contributed by atoms with Crippen LogP contribution < -0.4 is 10.1 Å². The van der Waals surface area contributed by atoms with E-state index in [4.69, 9.17) is 0 Å². The number of hydrogen-bond acceptors (Lipinski definition) is 4. The number of hydrazone groups is 1. The molecule has 7 heteroatoms. The predicted molar refractivity (Wildman–Crippen MR) is 113 cm³/mol. The first-order valence-corrected chi connectivity index (χ1v) is 10.7. The molecule has 0 aromatic heterocycles. The number of carbonyl (C=O) groups is 1. The first-order valence-electron chi connectivity index (χ1n) is 9.21. The molecule has 2 N–H and O–H groups in total. The number of sulfonamides is 1. The highest BCUT2D eigenvalue weighted by Gasteiger charge is 2.17. The lowest BCUT2D eigenvalue weighted by atomic mass is 10.1. The summed E-state index contributed by atoms with van der Waals surface area (Å²) in [5, 5.41) is 4.15. The van der Waals surface area contributed by atoms with Gasteiger partial charge in [-0.15, -0.1) is 0 Å². The van der Waals surface area contributed by atoms with Crippen molar-refractivity contribution < 1.29 is 13.2 Å². The Kier molecular flexibility index (Phi) is 6.96. The molecule has 0 fully saturated rings. The zero-order valence-electron chi connectivity index (χ0n) is 16.9. The second-order valence-corrected chi connectivity index (χ2v) is 8.69. The maximum Gasteiger partial charge on any atom is 0.271 e. The SMILES string of the molecule is CC/C(=N/NC(=O)c1cccc(S(=O)(=O)Nc2ccc(C)cc2C)c1)C(C)C. The molecule has 0 spiro atoms. The fourth-order valence-electron chi connectivity index (χ4n) is 2.74. The van der Waals surface area contributed by atoms with Crippen molar-refractivity contribution in [1.29, 1.82) is 0 Å². The van der Waals surface area contributed by atoms with E-state index in [9.17, 15) is 13.2 Å². The topological polar surface area (TPSA) is 87.6 Å². The number of aryl methyl sites for hydroxylation is 2. The van der Waals surface area contributed by atoms with Gasteiger partial charge in [-0.05, 0) is 56.0 Å². The summed E-state index contributed by atoms with van der Waals surface area (Å²) in [6.07, 6.45) is 0.728. The lowest BCUT2D eigenvalue weighted by molar-refractivity contribution is 0.0954. The van der Waals surface area contributed by atoms with Gasteiger partial charge in [0.1, 0.15) is 0 Å². The summed E-state index contributed by atoms with van der Waals surface area (Å²) in [5.74, 6) is -0.228. The Balaban J connectivity index is 2.24. The molecule has 0 unspecified atom stereocenters. The van der Waals surface area contributed by atoms with Crippen LogP contribution >= 0.6 is 0 Å². The van der Waals surface area contributed by atoms with Crippen molar-refractivity contribution in [1.82, 2.24) is 5.43 Å². The third-order valence-corrected chi connectivity index (χ3v) is 5.73. The molecule has 0 heterocycles. The van der Waals surface area contributed by atoms with Gasteiger partial charge in [0, 0.05) is 11.3 Å². The van der Waals surface area contributed by atoms with Crippen LogP contribution in [0.4, 0.5) is 5.69 Å². The van der Waals surface area contributed by atoms with Crippen molar-refractivity contribution in [2.75, 3.05) is 4.72 Å². The molecule has 0 saturated heterocycles. The molecule has 0 saturated carbocycles. The van der Waals surface area contributed by atoms with Crippen LogP contribution in [0.15, 0.2) is 52.5 Å². The number of hydrogen-bond donors (Lipinski definition) is 2. The molecular weight excluding hydrogens is 374 g/mol. The Labute approximate surface area is 167 Å². The van der Waals surface area contributed by atoms with Gasteiger partial charge in [-0.1, -0.05) is 44.5 Å². The molecule has 150 valence electrons. The van der Waals surface area contributed by atoms with Crippen molar-refractivity contribution in [3.8, 4) is 0 Å². The molecule has 0 aliphatic rings. The van der Waals surface area contributed by atoms with E-state index >= 15 is 0 Å². The number of nitrogens with zero attached hydrogens (tertiary/aromatic N) is 1. The highest BCUT2D eigenvalue weighted by molar-refractivity contribution is 7.92. The largest absolute Gasteiger partial charge is 0.279 e. The average Bonchev–Trinajstić information content (AvgIpc) is 2.64. The van der Waals surface area contributed by atoms with Crippen molar-refractivity contribution >= 4 is 27.3 Å². The molecule has 1 amide bonds. The number of carbonyl (C=O) groups excluding carboxylic acids is 1. The van der Waals surface area contributed by atoms with E-state index in [0.29, 0.717) is 5.69 Å². The van der Waals surface area contributed by atoms with Crippen LogP contribution in [-0.2, 0) is 10.0 Å². The van der Waals surface area contributed by atoms with Crippen molar-refractivity contribution in [2.45, 2.75) is 45.9 Å². The second-order valence-electron chi connectivity index (χ2n) is 7.00. The maximum absolute atomic E-state index is 12.7. The predicted octanol–water partition coefficient (Wildman–Crippen LogP) is 4.26. The lowest BCUT2D eigenvalue weighted by Crippen LogP contribution is -2.22. The van der Waals surface area contributed by atoms with E-state index in [0.717, 1.165) is 23.3 Å². The summed E-state index contributed by atoms with van der Waals surface area (Å²) < 4.78 is 28.1. The van der Waals surface area contributed by atoms with Crippen LogP contribution in [0, 0.1) is 19.8 Å². The quantitative estimate of drug-likeness (QED) is 0.537. The molecule has 0 bridgehead atoms. The van der Waals surface area contributed by atoms with Crippen LogP contribution in [0.25, 0.3) is 0 Å². The van der Waals surface area contributed by atoms with Gasteiger partial charge in [0.15, 0.2) is 0 Å². The maximum atomic E-state index is 12.7. The molecule has 2 aromatic carbocycles. The van der Waals surface area contributed by atoms with Gasteiger partial charge in [-0.3, -0.25) is 9.52 Å². The van der Waals surface area contributed by atoms with E-state index in [2.05, 4.69) is 15.2 Å². The fourth-order valence-corrected chi connectivity index (χ4v) is 3.92. The Hall–Kier alpha value is -2.67. The standard InChI is InChI=1S/C21H27N3O3S/c1-6-19(14(2)3)22-23-21(25)17-8-7-9-18(13-17)28(26,27)24-20-11-10-15(4)12-16(20)5/h7-14,24H,6H2,1-5H3,(H,23,25)/b22-19-. The number of amides is 1. The van der Waals surface area contributed by atoms with Gasteiger partial charge in [0.2, 0.25) is 0 Å². The second kappa shape index (κ2) is 9.01. The van der Waals surface area contributed by atoms with E-state index in [1.54, 1.807) is 18.2 Å². The minimum absolute atomic E-state index is 0.0173. The molecule has 0 aliphatic carbocycles. The Morgan fingerprint density at radius 3 is 2.43 bits per heavy atom. The van der Waals surface area contributed by atoms with Crippen molar-refractivity contribution in [3.05, 3.63) is 59.2 Å². The summed E-state index contributed by atoms with van der Waals surface area (Å²) in [6, 6.07) is 11.4. The molecule has 28 heavy (non-hydrogen) atoms. The summed E-state index contributed by atoms with van der Waals surface area (Å²) in [4.78, 5) is 12.4. The zero-order valence-corrected chi connectivity index (χ0v) is 17.7. The van der Waals surface area contributed by atoms with Gasteiger partial charge >= 0.3 is 0 Å². The molecule has 0 atom stereocenters. The third-order valence-electron chi connectivity index (χ3n) is 4.36. The molecule has 2 rings (SSSR count). The minimum atomic E-state index is -3.82. The first-order chi connectivity index (χ1) is 13.1. The summed E-state index contributed by atoms with van der Waals surface area (Å²) in [6.45, 7) is 9.75. The van der Waals surface area contributed by atoms with Crippen LogP contribution in [0.1, 0.15) is 48.7 Å². The molecule has 2 aromatic rings. The van der Waals surface area contributed by atoms with Gasteiger partial charge in [0.05, 0.1) is 10.6 Å². The van der Waals surface area contributed by atoms with Gasteiger partial charge in [-0.2, -0.15) is 5.10 Å². The Bertz CT molecular complexity index is 996. The first kappa shape index (κ1) is 21.6. The van der Waals surface area contributed by atoms with Crippen molar-refractivity contribution in [3.63, 3.8) is 0 Å². The van der Waals surface area contributed by atoms with E-state index < -0.39 is 15.9 Å². The normalized spacial score (nSPS) is 12.1. The van der Waals surface area contributed by atoms with Gasteiger partial charge in [0.25, 0.3) is 15.9 Å². The lowest BCUT2D eigenvalue weighted by Gasteiger charge is -2.12. The highest BCUT2D eigenvalue weighted by Crippen LogP contribution is 2.21. The number of benzene rings is 2. The van der Waals surface area contributed by atoms with Crippen LogP contribution in [0.3, 0.4) is 0 Å². The molecule has 0 aliphatic heterocycles. The number of rotatable bonds is 7. The third kappa shape index (κ3) is 5.42. The van der Waals surface area contributed by atoms with E-state index in [1.807, 2.05) is 46.8 Å². The smallest absolute Gasteiger partial charge is 0.271 e. The van der Waals surface area contributed by atoms with E-state index in [1.165, 1.54) is 12.1 Å². The molecular formula is C21H27N3O3S. The Morgan fingerprint density at radius 2 is 1.82 bits per heavy atom. The van der Waals surface area contributed by atoms with Crippen molar-refractivity contribution in [2.24, 2.45) is 11.0 Å². The van der Waals surface area contributed by atoms with Crippen LogP contribution in [-0.4, -0.2) is 20.0 Å². The Morgan fingerprint density at radius 1 is 1.11 bits per heavy atom. The molecule has 0 radical (unpaired) electrons. The monoisotopic (exact) mass is 401 g/mol. The van der Waals surface area contributed by atoms with Crippen LogP contribution in [0.5, 0.6) is 0 Å². The minimum Gasteiger partial charge on any atom is -0.279 e. The summed E-state index contributed by atoms with van der Waals surface area (Å²) >= 11 is 0.